The van der Waals surface area contributed by atoms with E-state index in [4.69, 9.17) is 9.47 Å². The molecule has 2 aromatic rings. The molecule has 1 atom stereocenters. The monoisotopic (exact) mass is 466 g/mol. The van der Waals surface area contributed by atoms with Gasteiger partial charge in [0.2, 0.25) is 0 Å². The van der Waals surface area contributed by atoms with Crippen LogP contribution >= 0.6 is 0 Å². The minimum absolute atomic E-state index is 0. The number of nitrogens with one attached hydrogen (secondary N) is 2. The quantitative estimate of drug-likeness (QED) is 0.562. The number of ether oxygens (including phenoxy) is 2. The molecule has 0 aromatic heterocycles. The first kappa shape index (κ1) is 25.2. The molecule has 2 N–H and O–H groups in total. The molecule has 0 radical (unpaired) electrons. The zero-order valence-electron chi connectivity index (χ0n) is 19.0. The minimum Gasteiger partial charge on any atom is -0.464 e. The number of alkyl carbamates (subject to hydrolysis) is 1. The number of rotatable bonds is 8. The zero-order chi connectivity index (χ0) is 23.9. The molecule has 0 aliphatic heterocycles. The van der Waals surface area contributed by atoms with Crippen LogP contribution in [0.2, 0.25) is 0 Å². The first-order valence-corrected chi connectivity index (χ1v) is 11.7. The summed E-state index contributed by atoms with van der Waals surface area (Å²) in [5, 5.41) is 2.54. The SMILES string of the molecule is CCOC(=O)[C@H](Cc1ccc(NS(=O)(=O)c2ccc(C)cc2)cc1)NC(=O)OC(C)(C)C.[HH].[HH]. The summed E-state index contributed by atoms with van der Waals surface area (Å²) in [6.45, 7) is 8.90. The third-order valence-electron chi connectivity index (χ3n) is 4.24. The maximum atomic E-state index is 12.5. The number of hydrogen-bond acceptors (Lipinski definition) is 6. The lowest BCUT2D eigenvalue weighted by atomic mass is 10.1. The summed E-state index contributed by atoms with van der Waals surface area (Å²) >= 11 is 0. The second-order valence-electron chi connectivity index (χ2n) is 8.27. The molecule has 178 valence electrons. The predicted octanol–water partition coefficient (Wildman–Crippen LogP) is 4.29. The van der Waals surface area contributed by atoms with Gasteiger partial charge in [0, 0.05) is 15.0 Å². The van der Waals surface area contributed by atoms with Crippen molar-refractivity contribution >= 4 is 27.8 Å². The van der Waals surface area contributed by atoms with Crippen LogP contribution in [0, 0.1) is 6.92 Å². The van der Waals surface area contributed by atoms with Crippen molar-refractivity contribution in [2.24, 2.45) is 0 Å². The van der Waals surface area contributed by atoms with E-state index >= 15 is 0 Å². The van der Waals surface area contributed by atoms with Crippen LogP contribution < -0.4 is 10.0 Å². The molecule has 0 saturated heterocycles. The lowest BCUT2D eigenvalue weighted by Crippen LogP contribution is -2.45. The molecule has 0 aliphatic rings. The Morgan fingerprint density at radius 1 is 1.03 bits per heavy atom. The second-order valence-corrected chi connectivity index (χ2v) is 9.95. The van der Waals surface area contributed by atoms with Gasteiger partial charge < -0.3 is 14.8 Å². The fraction of sp³-hybridized carbons (Fsp3) is 0.391. The van der Waals surface area contributed by atoms with Gasteiger partial charge in [-0.2, -0.15) is 0 Å². The Kier molecular flexibility index (Phi) is 8.26. The van der Waals surface area contributed by atoms with E-state index in [9.17, 15) is 18.0 Å². The van der Waals surface area contributed by atoms with Gasteiger partial charge in [0.25, 0.3) is 10.0 Å². The molecule has 0 aliphatic carbocycles. The van der Waals surface area contributed by atoms with Gasteiger partial charge in [0.1, 0.15) is 11.6 Å². The van der Waals surface area contributed by atoms with Crippen molar-refractivity contribution in [2.75, 3.05) is 11.3 Å². The van der Waals surface area contributed by atoms with Gasteiger partial charge in [0.15, 0.2) is 0 Å². The molecule has 1 amide bonds. The van der Waals surface area contributed by atoms with Gasteiger partial charge in [-0.1, -0.05) is 29.8 Å². The number of amides is 1. The highest BCUT2D eigenvalue weighted by Crippen LogP contribution is 2.18. The van der Waals surface area contributed by atoms with E-state index in [1.165, 1.54) is 12.1 Å². The molecular formula is C23H34N2O6S. The molecule has 0 fully saturated rings. The average Bonchev–Trinajstić information content (AvgIpc) is 2.68. The third kappa shape index (κ3) is 7.88. The smallest absolute Gasteiger partial charge is 0.408 e. The molecule has 0 unspecified atom stereocenters. The Balaban J connectivity index is 0.00000544. The lowest BCUT2D eigenvalue weighted by Gasteiger charge is -2.23. The van der Waals surface area contributed by atoms with E-state index < -0.39 is 33.7 Å². The van der Waals surface area contributed by atoms with Crippen molar-refractivity contribution in [2.45, 2.75) is 57.6 Å². The van der Waals surface area contributed by atoms with Gasteiger partial charge in [-0.15, -0.1) is 0 Å². The van der Waals surface area contributed by atoms with Gasteiger partial charge >= 0.3 is 12.1 Å². The fourth-order valence-corrected chi connectivity index (χ4v) is 3.82. The second kappa shape index (κ2) is 10.5. The van der Waals surface area contributed by atoms with Crippen molar-refractivity contribution in [3.8, 4) is 0 Å². The van der Waals surface area contributed by atoms with Crippen LogP contribution in [0.15, 0.2) is 53.4 Å². The Labute approximate surface area is 192 Å². The number of aryl methyl sites for hydroxylation is 1. The number of carbonyl (C=O) groups is 2. The number of hydrogen-bond donors (Lipinski definition) is 2. The maximum absolute atomic E-state index is 12.5. The van der Waals surface area contributed by atoms with E-state index in [1.807, 2.05) is 6.92 Å². The molecular weight excluding hydrogens is 432 g/mol. The molecule has 8 nitrogen and oxygen atoms in total. The third-order valence-corrected chi connectivity index (χ3v) is 5.64. The largest absolute Gasteiger partial charge is 0.464 e. The number of carbonyl (C=O) groups excluding carboxylic acids is 2. The molecule has 0 spiro atoms. The highest BCUT2D eigenvalue weighted by molar-refractivity contribution is 7.92. The predicted molar refractivity (Wildman–Crippen MR) is 126 cm³/mol. The van der Waals surface area contributed by atoms with Crippen LogP contribution in [0.25, 0.3) is 0 Å². The van der Waals surface area contributed by atoms with E-state index in [1.54, 1.807) is 64.1 Å². The van der Waals surface area contributed by atoms with Gasteiger partial charge in [-0.3, -0.25) is 4.72 Å². The molecule has 0 saturated carbocycles. The number of sulfonamides is 1. The van der Waals surface area contributed by atoms with Gasteiger partial charge in [-0.05, 0) is 64.4 Å². The van der Waals surface area contributed by atoms with Crippen LogP contribution in [0.5, 0.6) is 0 Å². The first-order valence-electron chi connectivity index (χ1n) is 10.2. The first-order chi connectivity index (χ1) is 14.9. The lowest BCUT2D eigenvalue weighted by molar-refractivity contribution is -0.145. The number of benzene rings is 2. The Bertz CT molecular complexity index is 1040. The Hall–Kier alpha value is -3.07. The topological polar surface area (TPSA) is 111 Å². The molecule has 0 bridgehead atoms. The fourth-order valence-electron chi connectivity index (χ4n) is 2.76. The summed E-state index contributed by atoms with van der Waals surface area (Å²) in [4.78, 5) is 24.6. The van der Waals surface area contributed by atoms with Crippen molar-refractivity contribution in [3.05, 3.63) is 59.7 Å². The van der Waals surface area contributed by atoms with Crippen LogP contribution in [0.4, 0.5) is 10.5 Å². The minimum atomic E-state index is -3.72. The number of anilines is 1. The maximum Gasteiger partial charge on any atom is 0.408 e. The highest BCUT2D eigenvalue weighted by atomic mass is 32.2. The molecule has 0 heterocycles. The summed E-state index contributed by atoms with van der Waals surface area (Å²) in [6, 6.07) is 12.1. The van der Waals surface area contributed by atoms with Gasteiger partial charge in [-0.25, -0.2) is 18.0 Å². The molecule has 2 aromatic carbocycles. The normalized spacial score (nSPS) is 12.5. The Morgan fingerprint density at radius 3 is 2.16 bits per heavy atom. The van der Waals surface area contributed by atoms with Crippen LogP contribution in [-0.2, 0) is 30.7 Å². The van der Waals surface area contributed by atoms with Crippen LogP contribution in [0.1, 0.15) is 41.7 Å². The Morgan fingerprint density at radius 2 is 1.62 bits per heavy atom. The van der Waals surface area contributed by atoms with E-state index in [0.717, 1.165) is 5.56 Å². The van der Waals surface area contributed by atoms with Crippen molar-refractivity contribution in [3.63, 3.8) is 0 Å². The summed E-state index contributed by atoms with van der Waals surface area (Å²) in [5.74, 6) is -0.581. The average molecular weight is 467 g/mol. The van der Waals surface area contributed by atoms with Gasteiger partial charge in [0.05, 0.1) is 11.5 Å². The highest BCUT2D eigenvalue weighted by Gasteiger charge is 2.25. The van der Waals surface area contributed by atoms with E-state index in [-0.39, 0.29) is 20.8 Å². The number of esters is 1. The van der Waals surface area contributed by atoms with Crippen LogP contribution in [-0.4, -0.2) is 38.7 Å². The van der Waals surface area contributed by atoms with E-state index in [0.29, 0.717) is 11.3 Å². The van der Waals surface area contributed by atoms with Crippen LogP contribution in [0.3, 0.4) is 0 Å². The summed E-state index contributed by atoms with van der Waals surface area (Å²) in [7, 11) is -3.72. The molecule has 9 heteroatoms. The standard InChI is InChI=1S/C23H30N2O6S.2H2/c1-6-30-21(26)20(24-22(27)31-23(3,4)5)15-17-9-11-18(12-10-17)25-32(28,29)19-13-7-16(2)8-14-19;;/h7-14,20,25H,6,15H2,1-5H3,(H,24,27);2*1H/t20-;;/m0../s1. The molecule has 2 rings (SSSR count). The summed E-state index contributed by atoms with van der Waals surface area (Å²) < 4.78 is 37.9. The summed E-state index contributed by atoms with van der Waals surface area (Å²) in [5.41, 5.74) is 1.34. The van der Waals surface area contributed by atoms with Crippen molar-refractivity contribution in [1.29, 1.82) is 0 Å². The zero-order valence-corrected chi connectivity index (χ0v) is 19.8. The van der Waals surface area contributed by atoms with Crippen molar-refractivity contribution in [1.82, 2.24) is 5.32 Å². The molecule has 32 heavy (non-hydrogen) atoms. The van der Waals surface area contributed by atoms with E-state index in [2.05, 4.69) is 10.0 Å². The summed E-state index contributed by atoms with van der Waals surface area (Å²) in [6.07, 6.45) is -0.568. The van der Waals surface area contributed by atoms with Crippen molar-refractivity contribution < 1.29 is 30.3 Å².